The number of ether oxygens (including phenoxy) is 1. The molecule has 0 radical (unpaired) electrons. The molecule has 1 amide bonds. The maximum Gasteiger partial charge on any atom is 0.252 e. The topological polar surface area (TPSA) is 38.3 Å². The summed E-state index contributed by atoms with van der Waals surface area (Å²) < 4.78 is 6.67. The molecule has 1 aromatic rings. The average Bonchev–Trinajstić information content (AvgIpc) is 2.50. The van der Waals surface area contributed by atoms with E-state index in [0.717, 1.165) is 10.9 Å². The number of hydrogen-bond donors (Lipinski definition) is 1. The molecule has 3 nitrogen and oxygen atoms in total. The minimum absolute atomic E-state index is 0.140. The highest BCUT2D eigenvalue weighted by atomic mass is 79.9. The maximum absolute atomic E-state index is 12.0. The van der Waals surface area contributed by atoms with Gasteiger partial charge in [-0.25, -0.2) is 0 Å². The van der Waals surface area contributed by atoms with Crippen molar-refractivity contribution >= 4 is 33.4 Å². The Morgan fingerprint density at radius 2 is 2.10 bits per heavy atom. The van der Waals surface area contributed by atoms with Crippen LogP contribution in [0.15, 0.2) is 22.7 Å². The van der Waals surface area contributed by atoms with E-state index in [4.69, 9.17) is 16.3 Å². The third kappa shape index (κ3) is 5.61. The summed E-state index contributed by atoms with van der Waals surface area (Å²) in [6.45, 7) is 1.31. The SMILES string of the molecule is O=C(NCCCOC1CCCCC1)c1cc(Br)ccc1Cl. The van der Waals surface area contributed by atoms with Gasteiger partial charge in [0.25, 0.3) is 5.91 Å². The molecule has 2 rings (SSSR count). The van der Waals surface area contributed by atoms with E-state index in [0.29, 0.717) is 29.8 Å². The number of halogens is 2. The molecule has 0 spiro atoms. The third-order valence-corrected chi connectivity index (χ3v) is 4.51. The summed E-state index contributed by atoms with van der Waals surface area (Å²) in [5, 5.41) is 3.35. The summed E-state index contributed by atoms with van der Waals surface area (Å²) in [6, 6.07) is 5.26. The maximum atomic E-state index is 12.0. The minimum atomic E-state index is -0.140. The summed E-state index contributed by atoms with van der Waals surface area (Å²) in [6.07, 6.45) is 7.51. The first-order valence-electron chi connectivity index (χ1n) is 7.51. The first-order chi connectivity index (χ1) is 10.2. The lowest BCUT2D eigenvalue weighted by molar-refractivity contribution is 0.0273. The first kappa shape index (κ1) is 16.8. The highest BCUT2D eigenvalue weighted by molar-refractivity contribution is 9.10. The Labute approximate surface area is 139 Å². The molecule has 1 aliphatic carbocycles. The van der Waals surface area contributed by atoms with E-state index >= 15 is 0 Å². The van der Waals surface area contributed by atoms with Crippen LogP contribution in [0.4, 0.5) is 0 Å². The number of rotatable bonds is 6. The fourth-order valence-corrected chi connectivity index (χ4v) is 3.09. The molecule has 1 aromatic carbocycles. The van der Waals surface area contributed by atoms with Gasteiger partial charge >= 0.3 is 0 Å². The summed E-state index contributed by atoms with van der Waals surface area (Å²) >= 11 is 9.37. The molecule has 0 bridgehead atoms. The molecule has 0 saturated heterocycles. The Morgan fingerprint density at radius 1 is 1.33 bits per heavy atom. The van der Waals surface area contributed by atoms with Gasteiger partial charge in [-0.1, -0.05) is 46.8 Å². The molecule has 0 atom stereocenters. The largest absolute Gasteiger partial charge is 0.378 e. The predicted octanol–water partition coefficient (Wildman–Crippen LogP) is 4.57. The monoisotopic (exact) mass is 373 g/mol. The second-order valence-electron chi connectivity index (χ2n) is 5.36. The van der Waals surface area contributed by atoms with Crippen LogP contribution in [-0.4, -0.2) is 25.2 Å². The Hall–Kier alpha value is -0.580. The highest BCUT2D eigenvalue weighted by Crippen LogP contribution is 2.21. The van der Waals surface area contributed by atoms with Gasteiger partial charge in [0, 0.05) is 17.6 Å². The standard InChI is InChI=1S/C16H21BrClNO2/c17-12-7-8-15(18)14(11-12)16(20)19-9-4-10-21-13-5-2-1-3-6-13/h7-8,11,13H,1-6,9-10H2,(H,19,20). The van der Waals surface area contributed by atoms with E-state index in [-0.39, 0.29) is 5.91 Å². The van der Waals surface area contributed by atoms with Crippen LogP contribution >= 0.6 is 27.5 Å². The molecule has 1 saturated carbocycles. The first-order valence-corrected chi connectivity index (χ1v) is 8.69. The van der Waals surface area contributed by atoms with E-state index in [2.05, 4.69) is 21.2 Å². The van der Waals surface area contributed by atoms with Gasteiger partial charge in [-0.3, -0.25) is 4.79 Å². The number of benzene rings is 1. The summed E-state index contributed by atoms with van der Waals surface area (Å²) in [4.78, 5) is 12.0. The smallest absolute Gasteiger partial charge is 0.252 e. The van der Waals surface area contributed by atoms with Gasteiger partial charge in [0.05, 0.1) is 16.7 Å². The summed E-state index contributed by atoms with van der Waals surface area (Å²) in [5.41, 5.74) is 0.499. The van der Waals surface area contributed by atoms with Crippen molar-refractivity contribution in [3.63, 3.8) is 0 Å². The summed E-state index contributed by atoms with van der Waals surface area (Å²) in [7, 11) is 0. The lowest BCUT2D eigenvalue weighted by Gasteiger charge is -2.21. The molecule has 0 aliphatic heterocycles. The van der Waals surface area contributed by atoms with Crippen LogP contribution in [-0.2, 0) is 4.74 Å². The van der Waals surface area contributed by atoms with Crippen molar-refractivity contribution in [1.29, 1.82) is 0 Å². The molecular formula is C16H21BrClNO2. The molecular weight excluding hydrogens is 354 g/mol. The van der Waals surface area contributed by atoms with Gasteiger partial charge < -0.3 is 10.1 Å². The van der Waals surface area contributed by atoms with Gasteiger partial charge in [0.15, 0.2) is 0 Å². The van der Waals surface area contributed by atoms with Crippen LogP contribution in [0.1, 0.15) is 48.9 Å². The van der Waals surface area contributed by atoms with E-state index in [1.165, 1.54) is 32.1 Å². The van der Waals surface area contributed by atoms with Crippen molar-refractivity contribution in [1.82, 2.24) is 5.32 Å². The number of carbonyl (C=O) groups is 1. The van der Waals surface area contributed by atoms with Crippen molar-refractivity contribution in [2.75, 3.05) is 13.2 Å². The normalized spacial score (nSPS) is 15.9. The van der Waals surface area contributed by atoms with Crippen molar-refractivity contribution in [2.24, 2.45) is 0 Å². The van der Waals surface area contributed by atoms with Crippen molar-refractivity contribution < 1.29 is 9.53 Å². The number of nitrogens with one attached hydrogen (secondary N) is 1. The lowest BCUT2D eigenvalue weighted by atomic mass is 9.98. The van der Waals surface area contributed by atoms with Crippen molar-refractivity contribution in [3.8, 4) is 0 Å². The van der Waals surface area contributed by atoms with Crippen LogP contribution in [0.2, 0.25) is 5.02 Å². The number of carbonyl (C=O) groups excluding carboxylic acids is 1. The summed E-state index contributed by atoms with van der Waals surface area (Å²) in [5.74, 6) is -0.140. The van der Waals surface area contributed by atoms with E-state index < -0.39 is 0 Å². The molecule has 0 aromatic heterocycles. The van der Waals surface area contributed by atoms with Gasteiger partial charge in [0.1, 0.15) is 0 Å². The zero-order valence-electron chi connectivity index (χ0n) is 12.0. The third-order valence-electron chi connectivity index (χ3n) is 3.69. The van der Waals surface area contributed by atoms with Crippen LogP contribution in [0.25, 0.3) is 0 Å². The molecule has 1 N–H and O–H groups in total. The second-order valence-corrected chi connectivity index (χ2v) is 6.69. The number of amides is 1. The Bertz CT molecular complexity index is 475. The van der Waals surface area contributed by atoms with Crippen LogP contribution in [0.3, 0.4) is 0 Å². The van der Waals surface area contributed by atoms with Gasteiger partial charge in [-0.15, -0.1) is 0 Å². The van der Waals surface area contributed by atoms with Gasteiger partial charge in [0.2, 0.25) is 0 Å². The fraction of sp³-hybridized carbons (Fsp3) is 0.562. The highest BCUT2D eigenvalue weighted by Gasteiger charge is 2.13. The van der Waals surface area contributed by atoms with Crippen LogP contribution in [0.5, 0.6) is 0 Å². The predicted molar refractivity (Wildman–Crippen MR) is 88.9 cm³/mol. The number of hydrogen-bond acceptors (Lipinski definition) is 2. The minimum Gasteiger partial charge on any atom is -0.378 e. The van der Waals surface area contributed by atoms with Crippen molar-refractivity contribution in [3.05, 3.63) is 33.3 Å². The van der Waals surface area contributed by atoms with E-state index in [9.17, 15) is 4.79 Å². The van der Waals surface area contributed by atoms with E-state index in [1.807, 2.05) is 6.07 Å². The molecule has 21 heavy (non-hydrogen) atoms. The zero-order chi connectivity index (χ0) is 15.1. The quantitative estimate of drug-likeness (QED) is 0.741. The van der Waals surface area contributed by atoms with Gasteiger partial charge in [-0.05, 0) is 37.5 Å². The Balaban J connectivity index is 1.66. The molecule has 116 valence electrons. The molecule has 0 unspecified atom stereocenters. The van der Waals surface area contributed by atoms with Crippen molar-refractivity contribution in [2.45, 2.75) is 44.6 Å². The fourth-order valence-electron chi connectivity index (χ4n) is 2.52. The lowest BCUT2D eigenvalue weighted by Crippen LogP contribution is -2.26. The Kier molecular flexibility index (Phi) is 7.00. The average molecular weight is 375 g/mol. The molecule has 0 heterocycles. The molecule has 1 aliphatic rings. The van der Waals surface area contributed by atoms with Crippen LogP contribution < -0.4 is 5.32 Å². The van der Waals surface area contributed by atoms with Gasteiger partial charge in [-0.2, -0.15) is 0 Å². The second kappa shape index (κ2) is 8.76. The zero-order valence-corrected chi connectivity index (χ0v) is 14.4. The van der Waals surface area contributed by atoms with Crippen LogP contribution in [0, 0.1) is 0 Å². The molecule has 1 fully saturated rings. The Morgan fingerprint density at radius 3 is 2.86 bits per heavy atom. The van der Waals surface area contributed by atoms with E-state index in [1.54, 1.807) is 12.1 Å². The molecule has 5 heteroatoms.